The molecule has 0 saturated carbocycles. The van der Waals surface area contributed by atoms with Gasteiger partial charge in [0.05, 0.1) is 6.10 Å². The van der Waals surface area contributed by atoms with Gasteiger partial charge in [-0.25, -0.2) is 18.3 Å². The lowest BCUT2D eigenvalue weighted by atomic mass is 10.1. The molecule has 0 bridgehead atoms. The molecule has 1 saturated heterocycles. The van der Waals surface area contributed by atoms with E-state index >= 15 is 0 Å². The number of aromatic carboxylic acids is 1. The second kappa shape index (κ2) is 6.05. The summed E-state index contributed by atoms with van der Waals surface area (Å²) >= 11 is 0. The number of alkyl halides is 2. The van der Waals surface area contributed by atoms with Crippen LogP contribution in [-0.2, 0) is 11.3 Å². The fourth-order valence-corrected chi connectivity index (χ4v) is 2.19. The van der Waals surface area contributed by atoms with Crippen LogP contribution in [0.5, 0.6) is 0 Å². The Kier molecular flexibility index (Phi) is 4.41. The van der Waals surface area contributed by atoms with E-state index in [9.17, 15) is 13.6 Å². The van der Waals surface area contributed by atoms with Crippen molar-refractivity contribution < 1.29 is 23.4 Å². The summed E-state index contributed by atoms with van der Waals surface area (Å²) in [5.74, 6) is -1.49. The fourth-order valence-electron chi connectivity index (χ4n) is 2.19. The zero-order valence-corrected chi connectivity index (χ0v) is 10.3. The molecular weight excluding hydrogens is 260 g/mol. The number of halogens is 2. The smallest absolute Gasteiger partial charge is 0.358 e. The quantitative estimate of drug-likeness (QED) is 0.857. The van der Waals surface area contributed by atoms with Gasteiger partial charge in [0, 0.05) is 13.2 Å². The zero-order valence-electron chi connectivity index (χ0n) is 10.3. The number of rotatable bonds is 6. The molecule has 19 heavy (non-hydrogen) atoms. The van der Waals surface area contributed by atoms with E-state index in [1.54, 1.807) is 0 Å². The molecule has 1 unspecified atom stereocenters. The second-order valence-corrected chi connectivity index (χ2v) is 4.43. The number of carbonyl (C=O) groups is 1. The number of aromatic nitrogens is 3. The molecule has 1 aromatic rings. The van der Waals surface area contributed by atoms with Gasteiger partial charge in [0.25, 0.3) is 6.43 Å². The van der Waals surface area contributed by atoms with Crippen molar-refractivity contribution in [3.8, 4) is 0 Å². The third-order valence-corrected chi connectivity index (χ3v) is 3.10. The first kappa shape index (κ1) is 13.9. The van der Waals surface area contributed by atoms with Gasteiger partial charge in [0.2, 0.25) is 0 Å². The van der Waals surface area contributed by atoms with Crippen molar-refractivity contribution >= 4 is 5.97 Å². The highest BCUT2D eigenvalue weighted by Gasteiger charge is 2.26. The molecule has 1 aliphatic heterocycles. The number of carboxylic acid groups (broad SMARTS) is 1. The van der Waals surface area contributed by atoms with Crippen molar-refractivity contribution in [3.05, 3.63) is 11.4 Å². The first-order valence-corrected chi connectivity index (χ1v) is 6.16. The molecule has 0 spiro atoms. The molecule has 2 rings (SSSR count). The van der Waals surface area contributed by atoms with Crippen LogP contribution in [-0.4, -0.2) is 38.8 Å². The van der Waals surface area contributed by atoms with Crippen LogP contribution in [0.4, 0.5) is 8.78 Å². The standard InChI is InChI=1S/C11H15F2N3O3/c12-10(13)9-8(11(17)18)14-15-16(9)5-1-3-7-4-2-6-19-7/h7,10H,1-6H2,(H,17,18). The fraction of sp³-hybridized carbons (Fsp3) is 0.727. The van der Waals surface area contributed by atoms with Crippen molar-refractivity contribution in [2.45, 2.75) is 44.8 Å². The highest BCUT2D eigenvalue weighted by Crippen LogP contribution is 2.22. The van der Waals surface area contributed by atoms with Crippen LogP contribution in [0.3, 0.4) is 0 Å². The van der Waals surface area contributed by atoms with Crippen LogP contribution in [0, 0.1) is 0 Å². The lowest BCUT2D eigenvalue weighted by Gasteiger charge is -2.10. The van der Waals surface area contributed by atoms with Crippen LogP contribution < -0.4 is 0 Å². The predicted molar refractivity (Wildman–Crippen MR) is 60.1 cm³/mol. The number of aryl methyl sites for hydroxylation is 1. The molecule has 2 heterocycles. The number of carboxylic acids is 1. The number of hydrogen-bond acceptors (Lipinski definition) is 4. The Bertz CT molecular complexity index is 444. The Labute approximate surface area is 108 Å². The van der Waals surface area contributed by atoms with Crippen molar-refractivity contribution in [1.29, 1.82) is 0 Å². The van der Waals surface area contributed by atoms with Gasteiger partial charge in [-0.05, 0) is 25.7 Å². The van der Waals surface area contributed by atoms with Crippen LogP contribution >= 0.6 is 0 Å². The Morgan fingerprint density at radius 3 is 2.95 bits per heavy atom. The molecule has 1 fully saturated rings. The highest BCUT2D eigenvalue weighted by molar-refractivity contribution is 5.86. The summed E-state index contributed by atoms with van der Waals surface area (Å²) in [5, 5.41) is 15.5. The van der Waals surface area contributed by atoms with E-state index < -0.39 is 23.8 Å². The maximum Gasteiger partial charge on any atom is 0.358 e. The van der Waals surface area contributed by atoms with E-state index in [-0.39, 0.29) is 12.6 Å². The number of ether oxygens (including phenoxy) is 1. The molecule has 0 radical (unpaired) electrons. The van der Waals surface area contributed by atoms with Crippen LogP contribution in [0.1, 0.15) is 48.3 Å². The van der Waals surface area contributed by atoms with Crippen molar-refractivity contribution in [2.24, 2.45) is 0 Å². The van der Waals surface area contributed by atoms with E-state index in [4.69, 9.17) is 9.84 Å². The summed E-state index contributed by atoms with van der Waals surface area (Å²) < 4.78 is 32.0. The largest absolute Gasteiger partial charge is 0.476 e. The average Bonchev–Trinajstić information content (AvgIpc) is 2.97. The van der Waals surface area contributed by atoms with Crippen molar-refractivity contribution in [2.75, 3.05) is 6.61 Å². The Hall–Kier alpha value is -1.57. The van der Waals surface area contributed by atoms with E-state index in [1.807, 2.05) is 0 Å². The van der Waals surface area contributed by atoms with Crippen molar-refractivity contribution in [1.82, 2.24) is 15.0 Å². The first-order valence-electron chi connectivity index (χ1n) is 6.16. The molecule has 1 atom stereocenters. The van der Waals surface area contributed by atoms with E-state index in [1.165, 1.54) is 0 Å². The first-order chi connectivity index (χ1) is 9.09. The maximum atomic E-state index is 12.8. The summed E-state index contributed by atoms with van der Waals surface area (Å²) in [6, 6.07) is 0. The molecule has 0 aliphatic carbocycles. The Morgan fingerprint density at radius 2 is 2.37 bits per heavy atom. The topological polar surface area (TPSA) is 77.2 Å². The molecule has 0 amide bonds. The zero-order chi connectivity index (χ0) is 13.8. The van der Waals surface area contributed by atoms with Gasteiger partial charge in [0.1, 0.15) is 5.69 Å². The maximum absolute atomic E-state index is 12.8. The molecular formula is C11H15F2N3O3. The average molecular weight is 275 g/mol. The SMILES string of the molecule is O=C(O)c1nnn(CCCC2CCCO2)c1C(F)F. The Morgan fingerprint density at radius 1 is 1.58 bits per heavy atom. The normalized spacial score (nSPS) is 19.2. The number of nitrogens with zero attached hydrogens (tertiary/aromatic N) is 3. The highest BCUT2D eigenvalue weighted by atomic mass is 19.3. The molecule has 8 heteroatoms. The summed E-state index contributed by atoms with van der Waals surface area (Å²) in [4.78, 5) is 10.8. The van der Waals surface area contributed by atoms with E-state index in [0.717, 1.165) is 30.6 Å². The molecule has 6 nitrogen and oxygen atoms in total. The van der Waals surface area contributed by atoms with Gasteiger partial charge >= 0.3 is 5.97 Å². The van der Waals surface area contributed by atoms with Crippen LogP contribution in [0.15, 0.2) is 0 Å². The minimum atomic E-state index is -2.90. The minimum Gasteiger partial charge on any atom is -0.476 e. The third-order valence-electron chi connectivity index (χ3n) is 3.10. The predicted octanol–water partition coefficient (Wildman–Crippen LogP) is 1.87. The van der Waals surface area contributed by atoms with E-state index in [0.29, 0.717) is 6.42 Å². The van der Waals surface area contributed by atoms with Gasteiger partial charge in [-0.2, -0.15) is 0 Å². The third kappa shape index (κ3) is 3.25. The summed E-state index contributed by atoms with van der Waals surface area (Å²) in [6.45, 7) is 0.971. The molecule has 1 aromatic heterocycles. The van der Waals surface area contributed by atoms with Crippen molar-refractivity contribution in [3.63, 3.8) is 0 Å². The summed E-state index contributed by atoms with van der Waals surface area (Å²) in [5.41, 5.74) is -1.30. The molecule has 0 aromatic carbocycles. The lowest BCUT2D eigenvalue weighted by molar-refractivity contribution is 0.0675. The number of hydrogen-bond donors (Lipinski definition) is 1. The van der Waals surface area contributed by atoms with Gasteiger partial charge in [-0.15, -0.1) is 5.10 Å². The second-order valence-electron chi connectivity index (χ2n) is 4.43. The van der Waals surface area contributed by atoms with Gasteiger partial charge in [-0.3, -0.25) is 0 Å². The van der Waals surface area contributed by atoms with Crippen LogP contribution in [0.25, 0.3) is 0 Å². The summed E-state index contributed by atoms with van der Waals surface area (Å²) in [7, 11) is 0. The molecule has 1 aliphatic rings. The molecule has 1 N–H and O–H groups in total. The molecule has 106 valence electrons. The minimum absolute atomic E-state index is 0.178. The van der Waals surface area contributed by atoms with Gasteiger partial charge < -0.3 is 9.84 Å². The monoisotopic (exact) mass is 275 g/mol. The van der Waals surface area contributed by atoms with Crippen LogP contribution in [0.2, 0.25) is 0 Å². The van der Waals surface area contributed by atoms with E-state index in [2.05, 4.69) is 10.3 Å². The summed E-state index contributed by atoms with van der Waals surface area (Å²) in [6.07, 6.45) is 0.651. The lowest BCUT2D eigenvalue weighted by Crippen LogP contribution is -2.11. The van der Waals surface area contributed by atoms with Gasteiger partial charge in [0.15, 0.2) is 5.69 Å². The Balaban J connectivity index is 1.97. The van der Waals surface area contributed by atoms with Gasteiger partial charge in [-0.1, -0.05) is 5.21 Å².